The molecule has 39 heavy (non-hydrogen) atoms. The van der Waals surface area contributed by atoms with Crippen molar-refractivity contribution < 1.29 is 25.8 Å². The van der Waals surface area contributed by atoms with E-state index in [1.165, 1.54) is 44.4 Å². The number of rotatable bonds is 5. The van der Waals surface area contributed by atoms with Crippen LogP contribution in [-0.4, -0.2) is 29.6 Å². The molecule has 0 aromatic carbocycles. The van der Waals surface area contributed by atoms with E-state index >= 15 is 4.39 Å². The summed E-state index contributed by atoms with van der Waals surface area (Å²) in [6, 6.07) is 3.05. The van der Waals surface area contributed by atoms with Gasteiger partial charge in [-0.1, -0.05) is 17.7 Å². The van der Waals surface area contributed by atoms with Gasteiger partial charge in [-0.3, -0.25) is 19.3 Å². The van der Waals surface area contributed by atoms with Crippen molar-refractivity contribution in [3.8, 4) is 22.8 Å². The molecule has 0 amide bonds. The molecule has 4 aromatic heterocycles. The van der Waals surface area contributed by atoms with Crippen molar-refractivity contribution in [3.63, 3.8) is 0 Å². The van der Waals surface area contributed by atoms with Gasteiger partial charge in [-0.05, 0) is 44.4 Å². The summed E-state index contributed by atoms with van der Waals surface area (Å²) in [6.07, 6.45) is 7.38. The molecule has 0 saturated heterocycles. The third-order valence-corrected chi connectivity index (χ3v) is 6.17. The fourth-order valence-electron chi connectivity index (χ4n) is 3.95. The highest BCUT2D eigenvalue weighted by Crippen LogP contribution is 2.32. The second kappa shape index (κ2) is 10.2. The lowest BCUT2D eigenvalue weighted by atomic mass is 10.0. The molecule has 0 radical (unpaired) electrons. The van der Waals surface area contributed by atoms with E-state index in [1.54, 1.807) is 6.08 Å². The van der Waals surface area contributed by atoms with Crippen LogP contribution in [0.4, 0.5) is 13.2 Å². The maximum atomic E-state index is 16.3. The van der Waals surface area contributed by atoms with Crippen LogP contribution in [0, 0.1) is 17.5 Å². The highest BCUT2D eigenvalue weighted by Gasteiger charge is 2.26. The fraction of sp³-hybridized carbons (Fsp3) is 0.222. The zero-order valence-electron chi connectivity index (χ0n) is 22.5. The summed E-state index contributed by atoms with van der Waals surface area (Å²) in [4.78, 5) is 29.5. The number of fused-ring (bicyclic) bond motifs is 3. The average Bonchev–Trinajstić information content (AvgIpc) is 2.88. The van der Waals surface area contributed by atoms with E-state index in [0.717, 1.165) is 4.57 Å². The predicted molar refractivity (Wildman–Crippen MR) is 137 cm³/mol. The molecule has 0 unspecified atom stereocenters. The number of pyridine rings is 3. The summed E-state index contributed by atoms with van der Waals surface area (Å²) in [5.41, 5.74) is -3.05. The molecular weight excluding hydrogens is 535 g/mol. The van der Waals surface area contributed by atoms with E-state index in [-0.39, 0.29) is 28.6 Å². The minimum Gasteiger partial charge on any atom is -0.485 e. The van der Waals surface area contributed by atoms with Crippen molar-refractivity contribution in [2.45, 2.75) is 38.8 Å². The first kappa shape index (κ1) is 24.0. The minimum absolute atomic E-state index is 0.0367. The lowest BCUT2D eigenvalue weighted by Gasteiger charge is -2.21. The highest BCUT2D eigenvalue weighted by atomic mass is 35.5. The van der Waals surface area contributed by atoms with Gasteiger partial charge in [0.15, 0.2) is 17.5 Å². The molecule has 0 fully saturated rings. The van der Waals surface area contributed by atoms with Gasteiger partial charge in [-0.25, -0.2) is 23.1 Å². The second-order valence-corrected chi connectivity index (χ2v) is 9.51. The Morgan fingerprint density at radius 1 is 1.21 bits per heavy atom. The van der Waals surface area contributed by atoms with Gasteiger partial charge in [0.2, 0.25) is 0 Å². The first-order chi connectivity index (χ1) is 19.3. The molecule has 1 aliphatic heterocycles. The summed E-state index contributed by atoms with van der Waals surface area (Å²) in [5, 5.41) is 9.69. The zero-order valence-corrected chi connectivity index (χ0v) is 21.3. The van der Waals surface area contributed by atoms with Crippen LogP contribution in [-0.2, 0) is 18.6 Å². The van der Waals surface area contributed by atoms with Crippen molar-refractivity contribution in [3.05, 3.63) is 98.5 Å². The lowest BCUT2D eigenvalue weighted by Crippen LogP contribution is -2.25. The quantitative estimate of drug-likeness (QED) is 0.371. The van der Waals surface area contributed by atoms with Gasteiger partial charge >= 0.3 is 0 Å². The monoisotopic (exact) mass is 557 g/mol. The number of aromatic nitrogens is 5. The Balaban J connectivity index is 1.66. The van der Waals surface area contributed by atoms with Crippen LogP contribution in [0.1, 0.15) is 45.8 Å². The summed E-state index contributed by atoms with van der Waals surface area (Å²) < 4.78 is 66.5. The Morgan fingerprint density at radius 3 is 2.74 bits per heavy atom. The van der Waals surface area contributed by atoms with Crippen molar-refractivity contribution in [2.75, 3.05) is 0 Å². The van der Waals surface area contributed by atoms with E-state index in [2.05, 4.69) is 19.9 Å². The summed E-state index contributed by atoms with van der Waals surface area (Å²) in [5.74, 6) is -3.64. The van der Waals surface area contributed by atoms with Crippen molar-refractivity contribution in [2.24, 2.45) is 0 Å². The Labute approximate surface area is 228 Å². The molecule has 12 heteroatoms. The summed E-state index contributed by atoms with van der Waals surface area (Å²) in [6.45, 7) is -0.00412. The number of hydrogen-bond donors (Lipinski definition) is 1. The van der Waals surface area contributed by atoms with Crippen LogP contribution in [0.25, 0.3) is 23.2 Å². The standard InChI is InChI=1S/C27H21ClF3N5O3/c1-27(2,38)26-32-8-7-18(35-26)23-22(31)24-14(11-34-23)5-3-4-6-16-10-20(21(28)25(37)36(16)24)39-13-19-17(30)9-15(29)12-33-19/h4,6-12,38H,3,5,13H2,1-2H3/b6-4-/i13D2. The number of aliphatic hydroxyl groups is 1. The molecule has 0 aliphatic carbocycles. The van der Waals surface area contributed by atoms with Gasteiger partial charge in [0.1, 0.15) is 40.1 Å². The first-order valence-corrected chi connectivity index (χ1v) is 12.0. The maximum Gasteiger partial charge on any atom is 0.278 e. The van der Waals surface area contributed by atoms with Crippen molar-refractivity contribution >= 4 is 17.7 Å². The van der Waals surface area contributed by atoms with E-state index in [1.807, 2.05) is 0 Å². The molecule has 4 aromatic rings. The molecule has 0 saturated carbocycles. The predicted octanol–water partition coefficient (Wildman–Crippen LogP) is 4.92. The Bertz CT molecular complexity index is 1780. The second-order valence-electron chi connectivity index (χ2n) is 9.14. The lowest BCUT2D eigenvalue weighted by molar-refractivity contribution is 0.0688. The molecule has 0 spiro atoms. The number of halogens is 4. The molecule has 5 heterocycles. The van der Waals surface area contributed by atoms with Gasteiger partial charge in [-0.15, -0.1) is 0 Å². The fourth-order valence-corrected chi connectivity index (χ4v) is 4.13. The van der Waals surface area contributed by atoms with Crippen molar-refractivity contribution in [1.29, 1.82) is 0 Å². The van der Waals surface area contributed by atoms with Crippen LogP contribution in [0.15, 0.2) is 47.7 Å². The molecule has 8 nitrogen and oxygen atoms in total. The number of ether oxygens (including phenoxy) is 1. The van der Waals surface area contributed by atoms with Crippen LogP contribution in [0.2, 0.25) is 5.02 Å². The number of hydrogen-bond acceptors (Lipinski definition) is 7. The third kappa shape index (κ3) is 5.15. The molecule has 1 N–H and O–H groups in total. The van der Waals surface area contributed by atoms with Gasteiger partial charge in [0.05, 0.1) is 26.0 Å². The molecular formula is C27H21ClF3N5O3. The highest BCUT2D eigenvalue weighted by molar-refractivity contribution is 6.31. The maximum absolute atomic E-state index is 16.3. The van der Waals surface area contributed by atoms with Gasteiger partial charge in [-0.2, -0.15) is 0 Å². The minimum atomic E-state index is -2.95. The van der Waals surface area contributed by atoms with E-state index in [9.17, 15) is 18.7 Å². The number of allylic oxidation sites excluding steroid dienone is 1. The van der Waals surface area contributed by atoms with Crippen LogP contribution >= 0.6 is 11.6 Å². The summed E-state index contributed by atoms with van der Waals surface area (Å²) in [7, 11) is 0. The molecule has 0 bridgehead atoms. The molecule has 0 atom stereocenters. The average molecular weight is 558 g/mol. The smallest absolute Gasteiger partial charge is 0.278 e. The van der Waals surface area contributed by atoms with Crippen LogP contribution in [0.3, 0.4) is 0 Å². The summed E-state index contributed by atoms with van der Waals surface area (Å²) >= 11 is 6.32. The molecule has 1 aliphatic rings. The van der Waals surface area contributed by atoms with Crippen LogP contribution in [0.5, 0.6) is 5.75 Å². The third-order valence-electron chi connectivity index (χ3n) is 5.82. The Morgan fingerprint density at radius 2 is 2.00 bits per heavy atom. The number of nitrogens with zero attached hydrogens (tertiary/aromatic N) is 5. The number of aryl methyl sites for hydroxylation is 1. The van der Waals surface area contributed by atoms with Crippen LogP contribution < -0.4 is 10.3 Å². The van der Waals surface area contributed by atoms with Gasteiger partial charge < -0.3 is 9.84 Å². The van der Waals surface area contributed by atoms with Gasteiger partial charge in [0, 0.05) is 24.5 Å². The van der Waals surface area contributed by atoms with Gasteiger partial charge in [0.25, 0.3) is 5.56 Å². The Kier molecular flexibility index (Phi) is 6.29. The van der Waals surface area contributed by atoms with Crippen molar-refractivity contribution in [1.82, 2.24) is 24.5 Å². The van der Waals surface area contributed by atoms with E-state index < -0.39 is 51.6 Å². The SMILES string of the molecule is [2H]C([2H])(Oc1cc2n(c(=O)c1Cl)-c1c(cnc(-c3ccnc(C(C)(C)O)n3)c1F)CC/C=C\2)c1ncc(F)cc1F. The topological polar surface area (TPSA) is 103 Å². The zero-order chi connectivity index (χ0) is 29.7. The van der Waals surface area contributed by atoms with E-state index in [4.69, 9.17) is 19.1 Å². The van der Waals surface area contributed by atoms with E-state index in [0.29, 0.717) is 30.7 Å². The normalized spacial score (nSPS) is 14.8. The molecule has 5 rings (SSSR count). The molecule has 200 valence electrons. The largest absolute Gasteiger partial charge is 0.485 e. The Hall–Kier alpha value is -4.09. The first-order valence-electron chi connectivity index (χ1n) is 12.6.